The first-order valence-electron chi connectivity index (χ1n) is 13.0. The van der Waals surface area contributed by atoms with Gasteiger partial charge in [-0.15, -0.1) is 0 Å². The second kappa shape index (κ2) is 18.4. The molecule has 0 atom stereocenters. The fourth-order valence-electron chi connectivity index (χ4n) is 2.81. The molecule has 0 aliphatic rings. The van der Waals surface area contributed by atoms with Gasteiger partial charge >= 0.3 is 0 Å². The fraction of sp³-hybridized carbons (Fsp3) is 0.233. The lowest BCUT2D eigenvalue weighted by Crippen LogP contribution is -1.98. The second-order valence-electron chi connectivity index (χ2n) is 9.05. The number of pyridine rings is 3. The van der Waals surface area contributed by atoms with Gasteiger partial charge in [-0.25, -0.2) is 34.9 Å². The molecule has 44 heavy (non-hydrogen) atoms. The highest BCUT2D eigenvalue weighted by atomic mass is 35.5. The monoisotopic (exact) mass is 657 g/mol. The number of nitrogens with one attached hydrogen (secondary N) is 1. The van der Waals surface area contributed by atoms with E-state index < -0.39 is 0 Å². The number of halogens is 3. The van der Waals surface area contributed by atoms with E-state index in [4.69, 9.17) is 50.0 Å². The SMILES string of the molecule is COc1cnc(N)cn1.COc1cnc(Nc2cc(C)c(C)cn2)cn1.Cc1cnc(Cl)cc1C.Cc1cnc(Cl)cc1Cl. The van der Waals surface area contributed by atoms with E-state index in [1.165, 1.54) is 36.2 Å². The number of nitrogens with two attached hydrogens (primary N) is 1. The molecule has 0 aliphatic carbocycles. The third kappa shape index (κ3) is 12.9. The summed E-state index contributed by atoms with van der Waals surface area (Å²) in [5, 5.41) is 4.75. The molecule has 0 saturated carbocycles. The third-order valence-electron chi connectivity index (χ3n) is 5.67. The number of ether oxygens (including phenoxy) is 2. The van der Waals surface area contributed by atoms with Crippen molar-refractivity contribution in [1.82, 2.24) is 34.9 Å². The van der Waals surface area contributed by atoms with Crippen molar-refractivity contribution >= 4 is 52.3 Å². The highest BCUT2D eigenvalue weighted by molar-refractivity contribution is 6.34. The second-order valence-corrected chi connectivity index (χ2v) is 10.2. The molecule has 5 heterocycles. The average Bonchev–Trinajstić information content (AvgIpc) is 3.01. The molecule has 5 aromatic heterocycles. The first-order valence-corrected chi connectivity index (χ1v) is 14.1. The lowest BCUT2D eigenvalue weighted by Gasteiger charge is -2.06. The largest absolute Gasteiger partial charge is 0.480 e. The van der Waals surface area contributed by atoms with Crippen molar-refractivity contribution in [3.63, 3.8) is 0 Å². The number of anilines is 3. The minimum Gasteiger partial charge on any atom is -0.480 e. The van der Waals surface area contributed by atoms with Crippen LogP contribution in [0.2, 0.25) is 15.3 Å². The van der Waals surface area contributed by atoms with Crippen molar-refractivity contribution in [2.24, 2.45) is 0 Å². The third-order valence-corrected chi connectivity index (χ3v) is 6.49. The maximum absolute atomic E-state index is 5.69. The molecule has 3 N–H and O–H groups in total. The number of aryl methyl sites for hydroxylation is 5. The predicted octanol–water partition coefficient (Wildman–Crippen LogP) is 7.36. The van der Waals surface area contributed by atoms with Gasteiger partial charge in [0.05, 0.1) is 39.0 Å². The van der Waals surface area contributed by atoms with Crippen LogP contribution in [0.15, 0.2) is 61.6 Å². The average molecular weight is 659 g/mol. The lowest BCUT2D eigenvalue weighted by atomic mass is 10.2. The minimum absolute atomic E-state index is 0.399. The van der Waals surface area contributed by atoms with Crippen molar-refractivity contribution in [1.29, 1.82) is 0 Å². The standard InChI is InChI=1S/C12H14N4O.C7H8ClN.C6H5Cl2N.C5H7N3O/c1-8-4-10(13-5-9(8)2)16-11-6-15-12(17-3)7-14-11;1-5-3-7(8)9-4-6(5)2;1-4-3-9-6(8)2-5(4)7;1-9-5-3-7-4(6)2-8-5/h4-7H,1-3H3,(H,13,14,16);3-4H,1-2H3;2-3H,1H3;2-3H,1H3,(H2,6,7). The summed E-state index contributed by atoms with van der Waals surface area (Å²) in [6, 6.07) is 5.45. The number of methoxy groups -OCH3 is 2. The molecule has 0 radical (unpaired) electrons. The molecule has 0 aliphatic heterocycles. The minimum atomic E-state index is 0.399. The zero-order chi connectivity index (χ0) is 32.6. The van der Waals surface area contributed by atoms with Gasteiger partial charge in [0, 0.05) is 23.6 Å². The Hall–Kier alpha value is -4.32. The van der Waals surface area contributed by atoms with E-state index in [9.17, 15) is 0 Å². The van der Waals surface area contributed by atoms with Crippen LogP contribution in [0.3, 0.4) is 0 Å². The van der Waals surface area contributed by atoms with Gasteiger partial charge in [0.2, 0.25) is 11.8 Å². The summed E-state index contributed by atoms with van der Waals surface area (Å²) in [6.07, 6.45) is 11.3. The van der Waals surface area contributed by atoms with Crippen LogP contribution in [0.5, 0.6) is 11.8 Å². The fourth-order valence-corrected chi connectivity index (χ4v) is 3.39. The Morgan fingerprint density at radius 1 is 0.523 bits per heavy atom. The molecule has 0 saturated heterocycles. The highest BCUT2D eigenvalue weighted by Crippen LogP contribution is 2.17. The van der Waals surface area contributed by atoms with Crippen LogP contribution in [0, 0.1) is 34.6 Å². The molecule has 14 heteroatoms. The Balaban J connectivity index is 0.000000216. The maximum Gasteiger partial charge on any atom is 0.232 e. The molecule has 5 aromatic rings. The van der Waals surface area contributed by atoms with Crippen molar-refractivity contribution in [2.45, 2.75) is 34.6 Å². The summed E-state index contributed by atoms with van der Waals surface area (Å²) in [5.41, 5.74) is 10.9. The first-order chi connectivity index (χ1) is 20.9. The number of hydrogen-bond donors (Lipinski definition) is 2. The first kappa shape index (κ1) is 35.9. The summed E-state index contributed by atoms with van der Waals surface area (Å²) in [7, 11) is 3.09. The number of nitrogens with zero attached hydrogens (tertiary/aromatic N) is 7. The van der Waals surface area contributed by atoms with Crippen molar-refractivity contribution in [3.05, 3.63) is 105 Å². The van der Waals surface area contributed by atoms with E-state index in [-0.39, 0.29) is 0 Å². The Kier molecular flexibility index (Phi) is 15.0. The van der Waals surface area contributed by atoms with Gasteiger partial charge in [-0.2, -0.15) is 0 Å². The van der Waals surface area contributed by atoms with Crippen LogP contribution in [0.4, 0.5) is 17.5 Å². The molecule has 0 unspecified atom stereocenters. The van der Waals surface area contributed by atoms with Gasteiger partial charge in [-0.05, 0) is 80.6 Å². The highest BCUT2D eigenvalue weighted by Gasteiger charge is 2.01. The molecule has 5 rings (SSSR count). The van der Waals surface area contributed by atoms with Crippen molar-refractivity contribution in [3.8, 4) is 11.8 Å². The van der Waals surface area contributed by atoms with Gasteiger partial charge in [-0.3, -0.25) is 0 Å². The van der Waals surface area contributed by atoms with Crippen molar-refractivity contribution in [2.75, 3.05) is 25.3 Å². The Morgan fingerprint density at radius 2 is 1.02 bits per heavy atom. The number of aromatic nitrogens is 7. The van der Waals surface area contributed by atoms with Gasteiger partial charge in [0.25, 0.3) is 0 Å². The Labute approximate surface area is 272 Å². The molecule has 0 spiro atoms. The van der Waals surface area contributed by atoms with Crippen LogP contribution < -0.4 is 20.5 Å². The molecule has 0 amide bonds. The van der Waals surface area contributed by atoms with Gasteiger partial charge in [0.1, 0.15) is 27.8 Å². The van der Waals surface area contributed by atoms with E-state index in [1.54, 1.807) is 38.0 Å². The molecule has 0 fully saturated rings. The maximum atomic E-state index is 5.69. The summed E-state index contributed by atoms with van der Waals surface area (Å²) < 4.78 is 9.68. The van der Waals surface area contributed by atoms with E-state index in [1.807, 2.05) is 52.9 Å². The topological polar surface area (TPSA) is 147 Å². The smallest absolute Gasteiger partial charge is 0.232 e. The van der Waals surface area contributed by atoms with Crippen LogP contribution in [-0.2, 0) is 0 Å². The number of hydrogen-bond acceptors (Lipinski definition) is 11. The van der Waals surface area contributed by atoms with E-state index in [0.717, 1.165) is 16.9 Å². The Bertz CT molecular complexity index is 1560. The quantitative estimate of drug-likeness (QED) is 0.187. The molecular formula is C30H34Cl3N9O2. The van der Waals surface area contributed by atoms with Crippen LogP contribution in [-0.4, -0.2) is 49.1 Å². The van der Waals surface area contributed by atoms with Crippen LogP contribution in [0.25, 0.3) is 0 Å². The molecule has 0 aromatic carbocycles. The van der Waals surface area contributed by atoms with Gasteiger partial charge < -0.3 is 20.5 Å². The summed E-state index contributed by atoms with van der Waals surface area (Å²) >= 11 is 16.8. The van der Waals surface area contributed by atoms with E-state index in [2.05, 4.69) is 40.2 Å². The normalized spacial score (nSPS) is 9.68. The summed E-state index contributed by atoms with van der Waals surface area (Å²) in [4.78, 5) is 27.7. The molecule has 232 valence electrons. The van der Waals surface area contributed by atoms with Gasteiger partial charge in [0.15, 0.2) is 0 Å². The zero-order valence-electron chi connectivity index (χ0n) is 25.4. The predicted molar refractivity (Wildman–Crippen MR) is 176 cm³/mol. The molecule has 11 nitrogen and oxygen atoms in total. The molecular weight excluding hydrogens is 625 g/mol. The summed E-state index contributed by atoms with van der Waals surface area (Å²) in [6.45, 7) is 9.98. The number of rotatable bonds is 4. The van der Waals surface area contributed by atoms with Crippen LogP contribution in [0.1, 0.15) is 27.8 Å². The van der Waals surface area contributed by atoms with E-state index in [0.29, 0.717) is 38.7 Å². The van der Waals surface area contributed by atoms with Crippen LogP contribution >= 0.6 is 34.8 Å². The summed E-state index contributed by atoms with van der Waals surface area (Å²) in [5.74, 6) is 2.76. The Morgan fingerprint density at radius 3 is 1.45 bits per heavy atom. The van der Waals surface area contributed by atoms with E-state index >= 15 is 0 Å². The van der Waals surface area contributed by atoms with Gasteiger partial charge in [-0.1, -0.05) is 34.8 Å². The number of nitrogen functional groups attached to an aromatic ring is 1. The lowest BCUT2D eigenvalue weighted by molar-refractivity contribution is 0.396. The van der Waals surface area contributed by atoms with Crippen molar-refractivity contribution < 1.29 is 9.47 Å². The molecule has 0 bridgehead atoms. The zero-order valence-corrected chi connectivity index (χ0v) is 27.7.